The van der Waals surface area contributed by atoms with Gasteiger partial charge in [-0.15, -0.1) is 0 Å². The fraction of sp³-hybridized carbons (Fsp3) is 0.833. The molecule has 0 aliphatic carbocycles. The molecule has 0 aromatic heterocycles. The van der Waals surface area contributed by atoms with E-state index in [0.717, 1.165) is 0 Å². The Balaban J connectivity index is 3.92. The summed E-state index contributed by atoms with van der Waals surface area (Å²) in [6, 6.07) is 0. The van der Waals surface area contributed by atoms with Crippen LogP contribution in [0.5, 0.6) is 0 Å². The van der Waals surface area contributed by atoms with E-state index in [-0.39, 0.29) is 0 Å². The Morgan fingerprint density at radius 2 is 2.00 bits per heavy atom. The lowest BCUT2D eigenvalue weighted by atomic mass is 10.1. The zero-order valence-corrected chi connectivity index (χ0v) is 6.26. The van der Waals surface area contributed by atoms with Crippen molar-refractivity contribution in [1.29, 1.82) is 0 Å². The number of hydrogen-bond donors (Lipinski definition) is 2. The maximum Gasteiger partial charge on any atom is 0.507 e. The summed E-state index contributed by atoms with van der Waals surface area (Å²) in [6.45, 7) is 3.57. The molecule has 4 nitrogen and oxygen atoms in total. The molecule has 0 aliphatic rings. The number of ether oxygens (including phenoxy) is 1. The van der Waals surface area contributed by atoms with E-state index in [2.05, 4.69) is 4.74 Å². The first-order valence-electron chi connectivity index (χ1n) is 3.25. The first kappa shape index (κ1) is 9.23. The monoisotopic (exact) mass is 147 g/mol. The van der Waals surface area contributed by atoms with Crippen LogP contribution in [0, 0.1) is 0 Å². The van der Waals surface area contributed by atoms with E-state index in [0.29, 0.717) is 12.8 Å². The Bertz CT molecular complexity index is 120. The average molecular weight is 147 g/mol. The highest BCUT2D eigenvalue weighted by Gasteiger charge is 2.24. The summed E-state index contributed by atoms with van der Waals surface area (Å²) in [5.74, 6) is 0. The second kappa shape index (κ2) is 3.41. The summed E-state index contributed by atoms with van der Waals surface area (Å²) in [5, 5.41) is 8.21. The normalized spacial score (nSPS) is 11.1. The molecular formula is C6H13NO3. The third-order valence-electron chi connectivity index (χ3n) is 1.49. The van der Waals surface area contributed by atoms with Gasteiger partial charge in [0.1, 0.15) is 0 Å². The van der Waals surface area contributed by atoms with E-state index in [4.69, 9.17) is 10.8 Å². The minimum atomic E-state index is -1.31. The third-order valence-corrected chi connectivity index (χ3v) is 1.49. The van der Waals surface area contributed by atoms with Gasteiger partial charge in [0.15, 0.2) is 5.72 Å². The number of carbonyl (C=O) groups is 1. The Kier molecular flexibility index (Phi) is 3.15. The van der Waals surface area contributed by atoms with Crippen molar-refractivity contribution >= 4 is 6.16 Å². The van der Waals surface area contributed by atoms with Crippen LogP contribution in [-0.4, -0.2) is 17.0 Å². The van der Waals surface area contributed by atoms with Crippen molar-refractivity contribution in [2.45, 2.75) is 32.4 Å². The molecular weight excluding hydrogens is 134 g/mol. The molecule has 3 N–H and O–H groups in total. The Hall–Kier alpha value is -0.770. The minimum absolute atomic E-state index is 0.496. The molecule has 0 aromatic rings. The Morgan fingerprint density at radius 1 is 1.60 bits per heavy atom. The van der Waals surface area contributed by atoms with Crippen LogP contribution in [0.4, 0.5) is 4.79 Å². The smallest absolute Gasteiger partial charge is 0.450 e. The van der Waals surface area contributed by atoms with Crippen LogP contribution < -0.4 is 5.73 Å². The van der Waals surface area contributed by atoms with Crippen molar-refractivity contribution in [2.75, 3.05) is 0 Å². The van der Waals surface area contributed by atoms with Gasteiger partial charge >= 0.3 is 6.16 Å². The molecule has 0 aromatic carbocycles. The van der Waals surface area contributed by atoms with E-state index in [1.165, 1.54) is 0 Å². The van der Waals surface area contributed by atoms with Gasteiger partial charge < -0.3 is 9.84 Å². The molecule has 10 heavy (non-hydrogen) atoms. The molecule has 0 heterocycles. The van der Waals surface area contributed by atoms with Crippen LogP contribution in [0.1, 0.15) is 26.7 Å². The third kappa shape index (κ3) is 2.68. The van der Waals surface area contributed by atoms with Gasteiger partial charge in [-0.25, -0.2) is 4.79 Å². The lowest BCUT2D eigenvalue weighted by Crippen LogP contribution is -2.42. The predicted molar refractivity (Wildman–Crippen MR) is 36.6 cm³/mol. The van der Waals surface area contributed by atoms with Gasteiger partial charge in [-0.2, -0.15) is 0 Å². The number of carboxylic acid groups (broad SMARTS) is 1. The van der Waals surface area contributed by atoms with Crippen LogP contribution in [0.25, 0.3) is 0 Å². The van der Waals surface area contributed by atoms with E-state index in [9.17, 15) is 4.79 Å². The molecule has 0 spiro atoms. The maximum atomic E-state index is 10.0. The highest BCUT2D eigenvalue weighted by molar-refractivity contribution is 5.57. The summed E-state index contributed by atoms with van der Waals surface area (Å²) < 4.78 is 4.43. The molecule has 0 aliphatic heterocycles. The van der Waals surface area contributed by atoms with Crippen molar-refractivity contribution in [3.8, 4) is 0 Å². The largest absolute Gasteiger partial charge is 0.507 e. The van der Waals surface area contributed by atoms with Gasteiger partial charge in [0.05, 0.1) is 0 Å². The maximum absolute atomic E-state index is 10.0. The summed E-state index contributed by atoms with van der Waals surface area (Å²) in [6.07, 6.45) is -0.322. The van der Waals surface area contributed by atoms with Crippen molar-refractivity contribution < 1.29 is 14.6 Å². The predicted octanol–water partition coefficient (Wildman–Crippen LogP) is 1.16. The second-order valence-electron chi connectivity index (χ2n) is 2.14. The number of nitrogens with two attached hydrogens (primary N) is 1. The van der Waals surface area contributed by atoms with Crippen LogP contribution in [-0.2, 0) is 4.74 Å². The minimum Gasteiger partial charge on any atom is -0.450 e. The Morgan fingerprint density at radius 3 is 2.10 bits per heavy atom. The molecule has 0 atom stereocenters. The molecule has 0 fully saturated rings. The summed E-state index contributed by atoms with van der Waals surface area (Å²) in [4.78, 5) is 10.0. The highest BCUT2D eigenvalue weighted by atomic mass is 16.7. The van der Waals surface area contributed by atoms with Crippen LogP contribution in [0.15, 0.2) is 0 Å². The summed E-state index contributed by atoms with van der Waals surface area (Å²) in [5.41, 5.74) is 4.50. The summed E-state index contributed by atoms with van der Waals surface area (Å²) in [7, 11) is 0. The van der Waals surface area contributed by atoms with E-state index in [1.807, 2.05) is 0 Å². The molecule has 4 heteroatoms. The van der Waals surface area contributed by atoms with Gasteiger partial charge in [0.25, 0.3) is 0 Å². The molecule has 0 amide bonds. The van der Waals surface area contributed by atoms with Crippen molar-refractivity contribution in [3.63, 3.8) is 0 Å². The molecule has 0 saturated carbocycles. The lowest BCUT2D eigenvalue weighted by Gasteiger charge is -2.24. The van der Waals surface area contributed by atoms with Crippen LogP contribution in [0.2, 0.25) is 0 Å². The zero-order chi connectivity index (χ0) is 8.20. The number of rotatable bonds is 3. The zero-order valence-electron chi connectivity index (χ0n) is 6.26. The van der Waals surface area contributed by atoms with E-state index < -0.39 is 11.9 Å². The van der Waals surface area contributed by atoms with Gasteiger partial charge in [-0.3, -0.25) is 5.73 Å². The van der Waals surface area contributed by atoms with Crippen LogP contribution >= 0.6 is 0 Å². The molecule has 0 unspecified atom stereocenters. The van der Waals surface area contributed by atoms with Gasteiger partial charge in [-0.1, -0.05) is 13.8 Å². The van der Waals surface area contributed by atoms with Gasteiger partial charge in [0.2, 0.25) is 0 Å². The molecule has 0 rings (SSSR count). The van der Waals surface area contributed by atoms with Gasteiger partial charge in [0, 0.05) is 0 Å². The lowest BCUT2D eigenvalue weighted by molar-refractivity contribution is -0.0202. The topological polar surface area (TPSA) is 72.5 Å². The second-order valence-corrected chi connectivity index (χ2v) is 2.14. The fourth-order valence-electron chi connectivity index (χ4n) is 0.568. The quantitative estimate of drug-likeness (QED) is 0.464. The summed E-state index contributed by atoms with van der Waals surface area (Å²) >= 11 is 0. The average Bonchev–Trinajstić information content (AvgIpc) is 1.87. The standard InChI is InChI=1S/C6H13NO3/c1-3-6(7,4-2)10-5(8)9/h3-4,7H2,1-2H3,(H,8,9). The molecule has 0 radical (unpaired) electrons. The first-order valence-corrected chi connectivity index (χ1v) is 3.25. The highest BCUT2D eigenvalue weighted by Crippen LogP contribution is 2.12. The fourth-order valence-corrected chi connectivity index (χ4v) is 0.568. The van der Waals surface area contributed by atoms with Crippen LogP contribution in [0.3, 0.4) is 0 Å². The molecule has 60 valence electrons. The van der Waals surface area contributed by atoms with Crippen molar-refractivity contribution in [1.82, 2.24) is 0 Å². The van der Waals surface area contributed by atoms with Crippen molar-refractivity contribution in [3.05, 3.63) is 0 Å². The first-order chi connectivity index (χ1) is 4.54. The number of hydrogen-bond acceptors (Lipinski definition) is 3. The van der Waals surface area contributed by atoms with Crippen molar-refractivity contribution in [2.24, 2.45) is 5.73 Å². The van der Waals surface area contributed by atoms with E-state index in [1.54, 1.807) is 13.8 Å². The Labute approximate surface area is 60.0 Å². The van der Waals surface area contributed by atoms with Gasteiger partial charge in [-0.05, 0) is 12.8 Å². The SMILES string of the molecule is CCC(N)(CC)OC(=O)O. The van der Waals surface area contributed by atoms with E-state index >= 15 is 0 Å². The molecule has 0 saturated heterocycles. The molecule has 0 bridgehead atoms.